The van der Waals surface area contributed by atoms with E-state index in [2.05, 4.69) is 58.8 Å². The molecular formula is C35H36N6O. The van der Waals surface area contributed by atoms with Crippen LogP contribution in [-0.2, 0) is 0 Å². The van der Waals surface area contributed by atoms with E-state index >= 15 is 0 Å². The average Bonchev–Trinajstić information content (AvgIpc) is 3.85. The van der Waals surface area contributed by atoms with Gasteiger partial charge >= 0.3 is 0 Å². The molecule has 2 aliphatic carbocycles. The van der Waals surface area contributed by atoms with Crippen LogP contribution in [0.4, 0.5) is 11.5 Å². The van der Waals surface area contributed by atoms with Crippen LogP contribution in [-0.4, -0.2) is 63.0 Å². The monoisotopic (exact) mass is 556 g/mol. The van der Waals surface area contributed by atoms with E-state index in [0.717, 1.165) is 79.7 Å². The third-order valence-corrected chi connectivity index (χ3v) is 8.25. The number of carbonyl (C=O) groups is 1. The Hall–Kier alpha value is -4.49. The number of fused-ring (bicyclic) bond motifs is 1. The molecule has 1 N–H and O–H groups in total. The van der Waals surface area contributed by atoms with Crippen molar-refractivity contribution in [3.8, 4) is 11.3 Å². The van der Waals surface area contributed by atoms with Crippen LogP contribution >= 0.6 is 0 Å². The van der Waals surface area contributed by atoms with Gasteiger partial charge in [0, 0.05) is 67.6 Å². The second kappa shape index (κ2) is 11.8. The first kappa shape index (κ1) is 26.4. The zero-order chi connectivity index (χ0) is 28.3. The van der Waals surface area contributed by atoms with E-state index in [1.165, 1.54) is 18.4 Å². The molecule has 212 valence electrons. The van der Waals surface area contributed by atoms with E-state index in [-0.39, 0.29) is 5.91 Å². The van der Waals surface area contributed by atoms with Crippen molar-refractivity contribution < 1.29 is 4.79 Å². The molecule has 42 heavy (non-hydrogen) atoms. The van der Waals surface area contributed by atoms with Crippen LogP contribution in [0, 0.1) is 0 Å². The topological polar surface area (TPSA) is 65.8 Å². The molecule has 7 heteroatoms. The molecule has 1 amide bonds. The molecule has 1 saturated carbocycles. The molecule has 0 bridgehead atoms. The Morgan fingerprint density at radius 3 is 2.62 bits per heavy atom. The Labute approximate surface area is 246 Å². The molecule has 1 saturated heterocycles. The normalized spacial score (nSPS) is 17.6. The summed E-state index contributed by atoms with van der Waals surface area (Å²) in [5, 5.41) is 8.43. The van der Waals surface area contributed by atoms with Crippen LogP contribution in [0.5, 0.6) is 0 Å². The molecular weight excluding hydrogens is 520 g/mol. The minimum absolute atomic E-state index is 0.0960. The van der Waals surface area contributed by atoms with Crippen molar-refractivity contribution in [3.63, 3.8) is 0 Å². The Balaban J connectivity index is 1.05. The van der Waals surface area contributed by atoms with Crippen molar-refractivity contribution in [2.75, 3.05) is 38.0 Å². The third kappa shape index (κ3) is 5.92. The SMILES string of the molecule is O=C(c1ccc(Nc2cc(-c3ccccc3)nc3cc(C4CC4)nn23)cc1)N1CCCN(CC2=CC=CCC=C2)CC1. The first-order valence-electron chi connectivity index (χ1n) is 15.1. The molecule has 0 unspecified atom stereocenters. The lowest BCUT2D eigenvalue weighted by Crippen LogP contribution is -2.35. The molecule has 0 atom stereocenters. The lowest BCUT2D eigenvalue weighted by Gasteiger charge is -2.22. The second-order valence-electron chi connectivity index (χ2n) is 11.4. The number of amides is 1. The van der Waals surface area contributed by atoms with Gasteiger partial charge < -0.3 is 10.2 Å². The molecule has 4 aromatic rings. The van der Waals surface area contributed by atoms with Crippen molar-refractivity contribution in [2.24, 2.45) is 0 Å². The summed E-state index contributed by atoms with van der Waals surface area (Å²) in [6.45, 7) is 4.34. The summed E-state index contributed by atoms with van der Waals surface area (Å²) in [6.07, 6.45) is 15.3. The third-order valence-electron chi connectivity index (χ3n) is 8.25. The van der Waals surface area contributed by atoms with Gasteiger partial charge in [-0.1, -0.05) is 60.7 Å². The largest absolute Gasteiger partial charge is 0.340 e. The van der Waals surface area contributed by atoms with Gasteiger partial charge in [0.05, 0.1) is 11.4 Å². The van der Waals surface area contributed by atoms with Crippen molar-refractivity contribution in [3.05, 3.63) is 114 Å². The number of hydrogen-bond acceptors (Lipinski definition) is 5. The summed E-state index contributed by atoms with van der Waals surface area (Å²) in [5.41, 5.74) is 6.85. The van der Waals surface area contributed by atoms with Gasteiger partial charge in [-0.15, -0.1) is 0 Å². The highest BCUT2D eigenvalue weighted by Crippen LogP contribution is 2.40. The number of allylic oxidation sites excluding steroid dienone is 4. The van der Waals surface area contributed by atoms with Crippen molar-refractivity contribution in [2.45, 2.75) is 31.6 Å². The smallest absolute Gasteiger partial charge is 0.253 e. The van der Waals surface area contributed by atoms with E-state index < -0.39 is 0 Å². The average molecular weight is 557 g/mol. The van der Waals surface area contributed by atoms with Crippen LogP contribution in [0.1, 0.15) is 47.7 Å². The van der Waals surface area contributed by atoms with Crippen LogP contribution in [0.2, 0.25) is 0 Å². The molecule has 7 rings (SSSR count). The molecule has 2 aromatic heterocycles. The first-order chi connectivity index (χ1) is 20.7. The van der Waals surface area contributed by atoms with Crippen LogP contribution in [0.25, 0.3) is 16.9 Å². The number of carbonyl (C=O) groups excluding carboxylic acids is 1. The van der Waals surface area contributed by atoms with Crippen LogP contribution < -0.4 is 5.32 Å². The van der Waals surface area contributed by atoms with Gasteiger partial charge in [0.15, 0.2) is 5.65 Å². The standard InChI is InChI=1S/C35H36N6O/c42-35(40-20-8-19-39(21-22-40)25-26-9-4-1-2-5-10-26)29-15-17-30(18-16-29)36-33-23-31(27-11-6-3-7-12-27)37-34-24-32(28-13-14-28)38-41(33)34/h1,3-7,9-12,15-18,23-24,28,36H,2,8,13-14,19-22,25H2. The summed E-state index contributed by atoms with van der Waals surface area (Å²) in [5.74, 6) is 1.49. The van der Waals surface area contributed by atoms with Crippen molar-refractivity contribution >= 4 is 23.1 Å². The summed E-state index contributed by atoms with van der Waals surface area (Å²) in [4.78, 5) is 22.8. The molecule has 7 nitrogen and oxygen atoms in total. The summed E-state index contributed by atoms with van der Waals surface area (Å²) in [7, 11) is 0. The number of aromatic nitrogens is 3. The fourth-order valence-corrected chi connectivity index (χ4v) is 5.76. The Bertz CT molecular complexity index is 1660. The number of nitrogens with one attached hydrogen (secondary N) is 1. The Morgan fingerprint density at radius 1 is 0.929 bits per heavy atom. The van der Waals surface area contributed by atoms with Crippen molar-refractivity contribution in [1.82, 2.24) is 24.4 Å². The second-order valence-corrected chi connectivity index (χ2v) is 11.4. The molecule has 3 heterocycles. The van der Waals surface area contributed by atoms with Gasteiger partial charge in [0.1, 0.15) is 5.82 Å². The first-order valence-corrected chi connectivity index (χ1v) is 15.1. The summed E-state index contributed by atoms with van der Waals surface area (Å²) >= 11 is 0. The number of hydrogen-bond donors (Lipinski definition) is 1. The number of benzene rings is 2. The quantitative estimate of drug-likeness (QED) is 0.278. The van der Waals surface area contributed by atoms with Crippen LogP contribution in [0.3, 0.4) is 0 Å². The van der Waals surface area contributed by atoms with E-state index in [1.54, 1.807) is 0 Å². The predicted molar refractivity (Wildman–Crippen MR) is 168 cm³/mol. The van der Waals surface area contributed by atoms with Gasteiger partial charge in [0.25, 0.3) is 5.91 Å². The minimum Gasteiger partial charge on any atom is -0.340 e. The Morgan fingerprint density at radius 2 is 1.79 bits per heavy atom. The number of rotatable bonds is 7. The van der Waals surface area contributed by atoms with E-state index in [0.29, 0.717) is 11.5 Å². The van der Waals surface area contributed by atoms with E-state index in [4.69, 9.17) is 10.1 Å². The zero-order valence-electron chi connectivity index (χ0n) is 23.8. The van der Waals surface area contributed by atoms with Gasteiger partial charge in [-0.05, 0) is 55.5 Å². The minimum atomic E-state index is 0.0960. The van der Waals surface area contributed by atoms with E-state index in [1.807, 2.05) is 57.9 Å². The maximum Gasteiger partial charge on any atom is 0.253 e. The molecule has 1 aliphatic heterocycles. The summed E-state index contributed by atoms with van der Waals surface area (Å²) in [6, 6.07) is 22.2. The molecule has 2 aromatic carbocycles. The summed E-state index contributed by atoms with van der Waals surface area (Å²) < 4.78 is 1.90. The number of nitrogens with zero attached hydrogens (tertiary/aromatic N) is 5. The predicted octanol–water partition coefficient (Wildman–Crippen LogP) is 6.61. The lowest BCUT2D eigenvalue weighted by molar-refractivity contribution is 0.0762. The lowest BCUT2D eigenvalue weighted by atomic mass is 10.1. The van der Waals surface area contributed by atoms with E-state index in [9.17, 15) is 4.79 Å². The molecule has 0 radical (unpaired) electrons. The molecule has 3 aliphatic rings. The highest BCUT2D eigenvalue weighted by molar-refractivity contribution is 5.94. The Kier molecular flexibility index (Phi) is 7.41. The highest BCUT2D eigenvalue weighted by Gasteiger charge is 2.27. The van der Waals surface area contributed by atoms with Crippen molar-refractivity contribution in [1.29, 1.82) is 0 Å². The molecule has 0 spiro atoms. The molecule has 2 fully saturated rings. The van der Waals surface area contributed by atoms with Gasteiger partial charge in [-0.2, -0.15) is 9.61 Å². The maximum atomic E-state index is 13.4. The van der Waals surface area contributed by atoms with Gasteiger partial charge in [-0.25, -0.2) is 4.98 Å². The fourth-order valence-electron chi connectivity index (χ4n) is 5.76. The fraction of sp³-hybridized carbons (Fsp3) is 0.286. The van der Waals surface area contributed by atoms with Gasteiger partial charge in [-0.3, -0.25) is 9.69 Å². The number of anilines is 2. The van der Waals surface area contributed by atoms with Crippen LogP contribution in [0.15, 0.2) is 103 Å². The maximum absolute atomic E-state index is 13.4. The van der Waals surface area contributed by atoms with Gasteiger partial charge in [0.2, 0.25) is 0 Å². The zero-order valence-corrected chi connectivity index (χ0v) is 23.8. The highest BCUT2D eigenvalue weighted by atomic mass is 16.2.